The van der Waals surface area contributed by atoms with Crippen LogP contribution in [0.5, 0.6) is 5.75 Å². The number of methoxy groups -OCH3 is 1. The van der Waals surface area contributed by atoms with E-state index >= 15 is 0 Å². The topological polar surface area (TPSA) is 140 Å². The number of rotatable bonds is 8. The van der Waals surface area contributed by atoms with E-state index in [0.29, 0.717) is 5.56 Å². The van der Waals surface area contributed by atoms with E-state index in [1.54, 1.807) is 53.7 Å². The molecule has 1 rings (SSSR count). The normalized spacial score (nSPS) is 13.3. The molecule has 33 heavy (non-hydrogen) atoms. The van der Waals surface area contributed by atoms with Crippen molar-refractivity contribution in [3.8, 4) is 5.75 Å². The van der Waals surface area contributed by atoms with Crippen LogP contribution in [0.25, 0.3) is 0 Å². The molecule has 0 saturated carbocycles. The Bertz CT molecular complexity index is 808. The van der Waals surface area contributed by atoms with Crippen molar-refractivity contribution < 1.29 is 38.5 Å². The summed E-state index contributed by atoms with van der Waals surface area (Å²) in [5, 5.41) is 14.3. The lowest BCUT2D eigenvalue weighted by molar-refractivity contribution is -0.156. The number of ether oxygens (including phenoxy) is 3. The summed E-state index contributed by atoms with van der Waals surface area (Å²) in [5.74, 6) is -2.17. The zero-order valence-electron chi connectivity index (χ0n) is 20.2. The van der Waals surface area contributed by atoms with Crippen molar-refractivity contribution >= 4 is 23.9 Å². The molecule has 0 saturated heterocycles. The predicted octanol–water partition coefficient (Wildman–Crippen LogP) is 2.22. The number of phenols is 1. The Morgan fingerprint density at radius 1 is 0.879 bits per heavy atom. The van der Waals surface area contributed by atoms with Gasteiger partial charge in [0.05, 0.1) is 13.5 Å². The summed E-state index contributed by atoms with van der Waals surface area (Å²) in [6, 6.07) is 3.61. The van der Waals surface area contributed by atoms with E-state index in [0.717, 1.165) is 0 Å². The molecular weight excluding hydrogens is 432 g/mol. The number of nitrogens with one attached hydrogen (secondary N) is 2. The van der Waals surface area contributed by atoms with E-state index in [1.165, 1.54) is 19.2 Å². The molecule has 2 atom stereocenters. The number of phenolic OH excluding ortho intramolecular Hbond substituents is 1. The van der Waals surface area contributed by atoms with Gasteiger partial charge in [0.1, 0.15) is 29.0 Å². The molecule has 2 amide bonds. The molecule has 10 heteroatoms. The van der Waals surface area contributed by atoms with Crippen LogP contribution in [-0.2, 0) is 35.0 Å². The third-order valence-electron chi connectivity index (χ3n) is 3.98. The van der Waals surface area contributed by atoms with Crippen molar-refractivity contribution in [1.29, 1.82) is 0 Å². The molecule has 0 fully saturated rings. The molecule has 184 valence electrons. The quantitative estimate of drug-likeness (QED) is 0.391. The number of esters is 2. The lowest BCUT2D eigenvalue weighted by atomic mass is 10.0. The zero-order valence-corrected chi connectivity index (χ0v) is 20.2. The van der Waals surface area contributed by atoms with Gasteiger partial charge in [-0.2, -0.15) is 0 Å². The third kappa shape index (κ3) is 11.2. The van der Waals surface area contributed by atoms with Gasteiger partial charge in [0.15, 0.2) is 0 Å². The van der Waals surface area contributed by atoms with Gasteiger partial charge < -0.3 is 30.0 Å². The summed E-state index contributed by atoms with van der Waals surface area (Å²) < 4.78 is 15.2. The first-order valence-corrected chi connectivity index (χ1v) is 10.5. The summed E-state index contributed by atoms with van der Waals surface area (Å²) in [4.78, 5) is 49.8. The summed E-state index contributed by atoms with van der Waals surface area (Å²) in [6.45, 7) is 9.98. The molecule has 3 N–H and O–H groups in total. The lowest BCUT2D eigenvalue weighted by Gasteiger charge is -2.26. The van der Waals surface area contributed by atoms with Gasteiger partial charge in [-0.25, -0.2) is 9.59 Å². The number of alkyl carbamates (subject to hydrolysis) is 1. The molecule has 0 aromatic heterocycles. The highest BCUT2D eigenvalue weighted by atomic mass is 16.6. The molecule has 0 aliphatic heterocycles. The van der Waals surface area contributed by atoms with Crippen molar-refractivity contribution in [2.24, 2.45) is 0 Å². The standard InChI is InChI=1S/C23H34N2O8/c1-22(2,3)32-18(27)13-16(25-21(30)33-23(4,5)6)19(28)24-17(20(29)31-7)12-14-8-10-15(26)11-9-14/h8-11,16-17,26H,12-13H2,1-7H3,(H,24,28)(H,25,30)/t16-,17-/m0/s1. The molecule has 0 spiro atoms. The Morgan fingerprint density at radius 2 is 1.42 bits per heavy atom. The second-order valence-electron chi connectivity index (χ2n) is 9.44. The summed E-state index contributed by atoms with van der Waals surface area (Å²) >= 11 is 0. The maximum absolute atomic E-state index is 13.0. The summed E-state index contributed by atoms with van der Waals surface area (Å²) in [6.07, 6.45) is -1.32. The van der Waals surface area contributed by atoms with Gasteiger partial charge in [-0.15, -0.1) is 0 Å². The first kappa shape index (κ1) is 27.7. The minimum Gasteiger partial charge on any atom is -0.508 e. The second-order valence-corrected chi connectivity index (χ2v) is 9.44. The van der Waals surface area contributed by atoms with Crippen molar-refractivity contribution in [3.63, 3.8) is 0 Å². The molecule has 0 unspecified atom stereocenters. The van der Waals surface area contributed by atoms with Crippen LogP contribution in [0.3, 0.4) is 0 Å². The van der Waals surface area contributed by atoms with E-state index < -0.39 is 53.6 Å². The van der Waals surface area contributed by atoms with Crippen molar-refractivity contribution in [2.45, 2.75) is 77.7 Å². The third-order valence-corrected chi connectivity index (χ3v) is 3.98. The number of carbonyl (C=O) groups is 4. The van der Waals surface area contributed by atoms with Gasteiger partial charge in [-0.1, -0.05) is 12.1 Å². The van der Waals surface area contributed by atoms with Crippen LogP contribution in [0.4, 0.5) is 4.79 Å². The predicted molar refractivity (Wildman–Crippen MR) is 119 cm³/mol. The van der Waals surface area contributed by atoms with E-state index in [2.05, 4.69) is 10.6 Å². The molecule has 1 aromatic carbocycles. The molecule has 1 aromatic rings. The van der Waals surface area contributed by atoms with Crippen LogP contribution < -0.4 is 10.6 Å². The molecule has 0 bridgehead atoms. The minimum absolute atomic E-state index is 0.0522. The number of hydrogen-bond donors (Lipinski definition) is 3. The van der Waals surface area contributed by atoms with Crippen LogP contribution >= 0.6 is 0 Å². The van der Waals surface area contributed by atoms with Crippen LogP contribution in [0.1, 0.15) is 53.5 Å². The maximum Gasteiger partial charge on any atom is 0.408 e. The van der Waals surface area contributed by atoms with Crippen molar-refractivity contribution in [2.75, 3.05) is 7.11 Å². The average Bonchev–Trinajstić information content (AvgIpc) is 2.64. The van der Waals surface area contributed by atoms with E-state index in [4.69, 9.17) is 14.2 Å². The fourth-order valence-corrected chi connectivity index (χ4v) is 2.68. The van der Waals surface area contributed by atoms with E-state index in [-0.39, 0.29) is 12.2 Å². The van der Waals surface area contributed by atoms with E-state index in [1.807, 2.05) is 0 Å². The molecule has 0 aliphatic rings. The molecule has 0 radical (unpaired) electrons. The Kier molecular flexibility index (Phi) is 9.69. The van der Waals surface area contributed by atoms with Crippen LogP contribution in [0, 0.1) is 0 Å². The Labute approximate surface area is 194 Å². The zero-order chi connectivity index (χ0) is 25.4. The Balaban J connectivity index is 3.04. The highest BCUT2D eigenvalue weighted by molar-refractivity contribution is 5.92. The number of carbonyl (C=O) groups excluding carboxylic acids is 4. The Morgan fingerprint density at radius 3 is 1.91 bits per heavy atom. The Hall–Kier alpha value is -3.30. The first-order chi connectivity index (χ1) is 15.1. The maximum atomic E-state index is 13.0. The van der Waals surface area contributed by atoms with Crippen molar-refractivity contribution in [3.05, 3.63) is 29.8 Å². The van der Waals surface area contributed by atoms with Crippen LogP contribution in [0.15, 0.2) is 24.3 Å². The SMILES string of the molecule is COC(=O)[C@H](Cc1ccc(O)cc1)NC(=O)[C@H](CC(=O)OC(C)(C)C)NC(=O)OC(C)(C)C. The minimum atomic E-state index is -1.36. The van der Waals surface area contributed by atoms with Crippen molar-refractivity contribution in [1.82, 2.24) is 10.6 Å². The summed E-state index contributed by atoms with van der Waals surface area (Å²) in [5.41, 5.74) is -0.977. The van der Waals surface area contributed by atoms with Crippen LogP contribution in [-0.4, -0.2) is 59.4 Å². The smallest absolute Gasteiger partial charge is 0.408 e. The molecule has 0 aliphatic carbocycles. The number of aromatic hydroxyl groups is 1. The summed E-state index contributed by atoms with van der Waals surface area (Å²) in [7, 11) is 1.18. The molecular formula is C23H34N2O8. The molecule has 10 nitrogen and oxygen atoms in total. The fraction of sp³-hybridized carbons (Fsp3) is 0.565. The van der Waals surface area contributed by atoms with Gasteiger partial charge in [-0.05, 0) is 59.2 Å². The van der Waals surface area contributed by atoms with Gasteiger partial charge in [0, 0.05) is 6.42 Å². The monoisotopic (exact) mass is 466 g/mol. The van der Waals surface area contributed by atoms with E-state index in [9.17, 15) is 24.3 Å². The number of hydrogen-bond acceptors (Lipinski definition) is 8. The van der Waals surface area contributed by atoms with Crippen LogP contribution in [0.2, 0.25) is 0 Å². The number of benzene rings is 1. The van der Waals surface area contributed by atoms with Gasteiger partial charge in [0.25, 0.3) is 0 Å². The van der Waals surface area contributed by atoms with Gasteiger partial charge in [-0.3, -0.25) is 9.59 Å². The molecule has 0 heterocycles. The highest BCUT2D eigenvalue weighted by Crippen LogP contribution is 2.14. The van der Waals surface area contributed by atoms with Gasteiger partial charge >= 0.3 is 18.0 Å². The largest absolute Gasteiger partial charge is 0.508 e. The van der Waals surface area contributed by atoms with Gasteiger partial charge in [0.2, 0.25) is 5.91 Å². The highest BCUT2D eigenvalue weighted by Gasteiger charge is 2.32. The lowest BCUT2D eigenvalue weighted by Crippen LogP contribution is -2.54. The number of amides is 2. The first-order valence-electron chi connectivity index (χ1n) is 10.5. The fourth-order valence-electron chi connectivity index (χ4n) is 2.68. The average molecular weight is 467 g/mol. The second kappa shape index (κ2) is 11.5.